The van der Waals surface area contributed by atoms with E-state index in [1.807, 2.05) is 0 Å². The molecule has 0 amide bonds. The molecule has 2 nitrogen and oxygen atoms in total. The number of aliphatic hydroxyl groups excluding tert-OH is 1. The van der Waals surface area contributed by atoms with Crippen molar-refractivity contribution in [3.8, 4) is 0 Å². The zero-order valence-corrected chi connectivity index (χ0v) is 8.74. The maximum absolute atomic E-state index is 9.91. The van der Waals surface area contributed by atoms with Gasteiger partial charge in [-0.25, -0.2) is 0 Å². The lowest BCUT2D eigenvalue weighted by molar-refractivity contribution is 0.0983. The van der Waals surface area contributed by atoms with E-state index in [9.17, 15) is 5.11 Å². The summed E-state index contributed by atoms with van der Waals surface area (Å²) >= 11 is 0. The molecule has 2 heteroatoms. The van der Waals surface area contributed by atoms with Gasteiger partial charge in [0.05, 0.1) is 6.10 Å². The summed E-state index contributed by atoms with van der Waals surface area (Å²) in [6.07, 6.45) is 3.79. The van der Waals surface area contributed by atoms with Gasteiger partial charge in [-0.05, 0) is 38.3 Å². The Morgan fingerprint density at radius 2 is 1.92 bits per heavy atom. The zero-order chi connectivity index (χ0) is 9.42. The Morgan fingerprint density at radius 1 is 1.23 bits per heavy atom. The third-order valence-electron chi connectivity index (χ3n) is 4.11. The number of hydrogen-bond donors (Lipinski definition) is 1. The Labute approximate surface area is 80.9 Å². The molecule has 76 valence electrons. The molecular formula is C11H21NO. The molecule has 0 aromatic heterocycles. The predicted octanol–water partition coefficient (Wildman–Crippen LogP) is 1.49. The summed E-state index contributed by atoms with van der Waals surface area (Å²) in [5.41, 5.74) is 0. The minimum Gasteiger partial charge on any atom is -0.392 e. The Balaban J connectivity index is 2.03. The topological polar surface area (TPSA) is 23.5 Å². The summed E-state index contributed by atoms with van der Waals surface area (Å²) in [7, 11) is 0. The van der Waals surface area contributed by atoms with Gasteiger partial charge in [0.2, 0.25) is 0 Å². The lowest BCUT2D eigenvalue weighted by atomic mass is 9.94. The maximum atomic E-state index is 9.91. The second-order valence-electron chi connectivity index (χ2n) is 4.52. The van der Waals surface area contributed by atoms with E-state index in [2.05, 4.69) is 18.7 Å². The van der Waals surface area contributed by atoms with Crippen molar-refractivity contribution < 1.29 is 5.11 Å². The van der Waals surface area contributed by atoms with E-state index in [0.29, 0.717) is 17.9 Å². The van der Waals surface area contributed by atoms with Crippen LogP contribution in [0.1, 0.15) is 33.1 Å². The molecule has 2 rings (SSSR count). The minimum atomic E-state index is 0.0191. The number of aliphatic hydroxyl groups is 1. The van der Waals surface area contributed by atoms with Gasteiger partial charge in [0.15, 0.2) is 0 Å². The Bertz CT molecular complexity index is 179. The van der Waals surface area contributed by atoms with Gasteiger partial charge in [-0.2, -0.15) is 0 Å². The van der Waals surface area contributed by atoms with E-state index in [4.69, 9.17) is 0 Å². The smallest absolute Gasteiger partial charge is 0.0612 e. The molecule has 0 aliphatic heterocycles. The molecule has 1 N–H and O–H groups in total. The van der Waals surface area contributed by atoms with Crippen LogP contribution in [0.5, 0.6) is 0 Å². The highest BCUT2D eigenvalue weighted by molar-refractivity contribution is 5.01. The van der Waals surface area contributed by atoms with Crippen LogP contribution in [0.3, 0.4) is 0 Å². The lowest BCUT2D eigenvalue weighted by Gasteiger charge is -2.32. The average Bonchev–Trinajstić information content (AvgIpc) is 2.64. The highest BCUT2D eigenvalue weighted by Crippen LogP contribution is 2.46. The summed E-state index contributed by atoms with van der Waals surface area (Å²) in [6.45, 7) is 6.72. The van der Waals surface area contributed by atoms with Crippen LogP contribution in [0.2, 0.25) is 0 Å². The maximum Gasteiger partial charge on any atom is 0.0612 e. The first-order chi connectivity index (χ1) is 6.27. The van der Waals surface area contributed by atoms with E-state index < -0.39 is 0 Å². The van der Waals surface area contributed by atoms with Crippen LogP contribution in [-0.4, -0.2) is 35.2 Å². The predicted molar refractivity (Wildman–Crippen MR) is 53.5 cm³/mol. The van der Waals surface area contributed by atoms with Crippen molar-refractivity contribution in [2.24, 2.45) is 11.8 Å². The first-order valence-corrected chi connectivity index (χ1v) is 5.70. The van der Waals surface area contributed by atoms with Crippen LogP contribution in [0, 0.1) is 11.8 Å². The number of nitrogens with zero attached hydrogens (tertiary/aromatic N) is 1. The second kappa shape index (κ2) is 3.58. The summed E-state index contributed by atoms with van der Waals surface area (Å²) in [4.78, 5) is 2.52. The highest BCUT2D eigenvalue weighted by atomic mass is 16.3. The summed E-state index contributed by atoms with van der Waals surface area (Å²) < 4.78 is 0. The molecule has 0 heterocycles. The van der Waals surface area contributed by atoms with Crippen molar-refractivity contribution in [2.45, 2.75) is 45.3 Å². The Hall–Kier alpha value is -0.0800. The van der Waals surface area contributed by atoms with Crippen LogP contribution < -0.4 is 0 Å². The number of fused-ring (bicyclic) bond motifs is 2. The number of hydrogen-bond acceptors (Lipinski definition) is 2. The van der Waals surface area contributed by atoms with Crippen molar-refractivity contribution in [1.29, 1.82) is 0 Å². The van der Waals surface area contributed by atoms with Crippen LogP contribution in [-0.2, 0) is 0 Å². The van der Waals surface area contributed by atoms with Crippen LogP contribution in [0.25, 0.3) is 0 Å². The lowest BCUT2D eigenvalue weighted by Crippen LogP contribution is -2.39. The third-order valence-corrected chi connectivity index (χ3v) is 4.11. The van der Waals surface area contributed by atoms with E-state index in [1.54, 1.807) is 0 Å². The minimum absolute atomic E-state index is 0.0191. The molecule has 2 bridgehead atoms. The molecule has 2 aliphatic carbocycles. The fourth-order valence-corrected chi connectivity index (χ4v) is 3.37. The SMILES string of the molecule is CCN(CC)[C@@H]1C[C@H]2CC[C@@H]1[C@@H]2O. The van der Waals surface area contributed by atoms with Gasteiger partial charge < -0.3 is 10.0 Å². The molecule has 0 spiro atoms. The first kappa shape index (κ1) is 9.47. The average molecular weight is 183 g/mol. The normalized spacial score (nSPS) is 43.4. The van der Waals surface area contributed by atoms with Gasteiger partial charge in [0, 0.05) is 12.0 Å². The largest absolute Gasteiger partial charge is 0.392 e. The van der Waals surface area contributed by atoms with E-state index in [-0.39, 0.29) is 6.10 Å². The van der Waals surface area contributed by atoms with E-state index in [0.717, 1.165) is 13.1 Å². The van der Waals surface area contributed by atoms with E-state index in [1.165, 1.54) is 19.3 Å². The molecule has 0 unspecified atom stereocenters. The fourth-order valence-electron chi connectivity index (χ4n) is 3.37. The molecule has 0 aromatic carbocycles. The van der Waals surface area contributed by atoms with Gasteiger partial charge in [-0.1, -0.05) is 13.8 Å². The van der Waals surface area contributed by atoms with Gasteiger partial charge in [0.25, 0.3) is 0 Å². The van der Waals surface area contributed by atoms with Crippen LogP contribution in [0.4, 0.5) is 0 Å². The fraction of sp³-hybridized carbons (Fsp3) is 1.00. The van der Waals surface area contributed by atoms with Crippen LogP contribution >= 0.6 is 0 Å². The standard InChI is InChI=1S/C11H21NO/c1-3-12(4-2)10-7-8-5-6-9(10)11(8)13/h8-11,13H,3-7H2,1-2H3/t8-,9+,10-,11-/m1/s1. The molecule has 13 heavy (non-hydrogen) atoms. The quantitative estimate of drug-likeness (QED) is 0.716. The molecule has 0 aromatic rings. The summed E-state index contributed by atoms with van der Waals surface area (Å²) in [6, 6.07) is 0.684. The van der Waals surface area contributed by atoms with Crippen molar-refractivity contribution in [2.75, 3.05) is 13.1 Å². The van der Waals surface area contributed by atoms with Crippen molar-refractivity contribution >= 4 is 0 Å². The molecule has 2 fully saturated rings. The van der Waals surface area contributed by atoms with Gasteiger partial charge in [-0.3, -0.25) is 0 Å². The monoisotopic (exact) mass is 183 g/mol. The molecule has 2 saturated carbocycles. The summed E-state index contributed by atoms with van der Waals surface area (Å²) in [5.74, 6) is 1.21. The van der Waals surface area contributed by atoms with Gasteiger partial charge in [0.1, 0.15) is 0 Å². The first-order valence-electron chi connectivity index (χ1n) is 5.70. The molecule has 0 radical (unpaired) electrons. The van der Waals surface area contributed by atoms with Crippen molar-refractivity contribution in [1.82, 2.24) is 4.90 Å². The Kier molecular flexibility index (Phi) is 2.61. The zero-order valence-electron chi connectivity index (χ0n) is 8.74. The summed E-state index contributed by atoms with van der Waals surface area (Å²) in [5, 5.41) is 9.91. The molecule has 4 atom stereocenters. The molecular weight excluding hydrogens is 162 g/mol. The molecule has 0 saturated heterocycles. The number of rotatable bonds is 3. The van der Waals surface area contributed by atoms with Crippen molar-refractivity contribution in [3.63, 3.8) is 0 Å². The molecule has 2 aliphatic rings. The second-order valence-corrected chi connectivity index (χ2v) is 4.52. The highest BCUT2D eigenvalue weighted by Gasteiger charge is 2.48. The van der Waals surface area contributed by atoms with Crippen molar-refractivity contribution in [3.05, 3.63) is 0 Å². The third kappa shape index (κ3) is 1.40. The van der Waals surface area contributed by atoms with Gasteiger partial charge in [-0.15, -0.1) is 0 Å². The van der Waals surface area contributed by atoms with E-state index >= 15 is 0 Å². The Morgan fingerprint density at radius 3 is 2.31 bits per heavy atom. The van der Waals surface area contributed by atoms with Gasteiger partial charge >= 0.3 is 0 Å². The van der Waals surface area contributed by atoms with Crippen LogP contribution in [0.15, 0.2) is 0 Å².